The van der Waals surface area contributed by atoms with Crippen molar-refractivity contribution in [2.75, 3.05) is 13.1 Å². The maximum absolute atomic E-state index is 12.5. The second kappa shape index (κ2) is 9.20. The Balaban J connectivity index is 1.58. The second-order valence-corrected chi connectivity index (χ2v) is 8.46. The van der Waals surface area contributed by atoms with E-state index >= 15 is 0 Å². The summed E-state index contributed by atoms with van der Waals surface area (Å²) in [6, 6.07) is 3.84. The molecule has 0 spiro atoms. The van der Waals surface area contributed by atoms with Gasteiger partial charge in [0.25, 0.3) is 11.1 Å². The van der Waals surface area contributed by atoms with Crippen LogP contribution in [0.15, 0.2) is 23.1 Å². The van der Waals surface area contributed by atoms with Gasteiger partial charge in [0.1, 0.15) is 6.04 Å². The summed E-state index contributed by atoms with van der Waals surface area (Å²) in [7, 11) is 0. The van der Waals surface area contributed by atoms with Gasteiger partial charge in [-0.15, -0.1) is 0 Å². The van der Waals surface area contributed by atoms with Crippen LogP contribution in [-0.4, -0.2) is 57.8 Å². The lowest BCUT2D eigenvalue weighted by atomic mass is 10.2. The molecule has 30 heavy (non-hydrogen) atoms. The SMILES string of the molecule is CC(C(=O)NCCN1C(=O)SC(=Cc2ccc(Cl)cc2Cl)C1=O)N1C(=O)CCC1=O. The maximum Gasteiger partial charge on any atom is 0.293 e. The van der Waals surface area contributed by atoms with Gasteiger partial charge in [0.2, 0.25) is 17.7 Å². The number of nitrogens with zero attached hydrogens (tertiary/aromatic N) is 2. The van der Waals surface area contributed by atoms with Crippen LogP contribution in [-0.2, 0) is 19.2 Å². The molecule has 1 atom stereocenters. The highest BCUT2D eigenvalue weighted by atomic mass is 35.5. The number of carbonyl (C=O) groups is 5. The zero-order chi connectivity index (χ0) is 22.0. The smallest absolute Gasteiger partial charge is 0.293 e. The molecule has 8 nitrogen and oxygen atoms in total. The Labute approximate surface area is 186 Å². The predicted molar refractivity (Wildman–Crippen MR) is 113 cm³/mol. The molecule has 1 aromatic carbocycles. The Hall–Kier alpha value is -2.36. The Morgan fingerprint density at radius 2 is 1.87 bits per heavy atom. The standard InChI is InChI=1S/C19H17Cl2N3O5S/c1-10(24-15(25)4-5-16(24)26)17(27)22-6-7-23-18(28)14(30-19(23)29)8-11-2-3-12(20)9-13(11)21/h2-3,8-10H,4-7H2,1H3,(H,22,27). The van der Waals surface area contributed by atoms with E-state index in [1.165, 1.54) is 19.1 Å². The predicted octanol–water partition coefficient (Wildman–Crippen LogP) is 2.68. The third kappa shape index (κ3) is 4.69. The largest absolute Gasteiger partial charge is 0.353 e. The first-order valence-corrected chi connectivity index (χ1v) is 10.6. The number of benzene rings is 1. The number of hydrogen-bond donors (Lipinski definition) is 1. The van der Waals surface area contributed by atoms with E-state index in [0.717, 1.165) is 21.6 Å². The summed E-state index contributed by atoms with van der Waals surface area (Å²) in [5, 5.41) is 2.88. The molecule has 0 bridgehead atoms. The number of likely N-dealkylation sites (tertiary alicyclic amines) is 1. The van der Waals surface area contributed by atoms with Crippen molar-refractivity contribution in [3.63, 3.8) is 0 Å². The average Bonchev–Trinajstić information content (AvgIpc) is 3.16. The van der Waals surface area contributed by atoms with Crippen molar-refractivity contribution >= 4 is 69.9 Å². The van der Waals surface area contributed by atoms with Crippen LogP contribution in [0.1, 0.15) is 25.3 Å². The molecule has 2 aliphatic heterocycles. The van der Waals surface area contributed by atoms with Gasteiger partial charge in [-0.25, -0.2) is 0 Å². The average molecular weight is 470 g/mol. The van der Waals surface area contributed by atoms with E-state index in [4.69, 9.17) is 23.2 Å². The Morgan fingerprint density at radius 1 is 1.20 bits per heavy atom. The van der Waals surface area contributed by atoms with E-state index in [1.54, 1.807) is 12.1 Å². The van der Waals surface area contributed by atoms with E-state index in [9.17, 15) is 24.0 Å². The molecular weight excluding hydrogens is 453 g/mol. The van der Waals surface area contributed by atoms with E-state index in [0.29, 0.717) is 15.6 Å². The maximum atomic E-state index is 12.5. The highest BCUT2D eigenvalue weighted by Gasteiger charge is 2.37. The van der Waals surface area contributed by atoms with Crippen molar-refractivity contribution in [3.05, 3.63) is 38.7 Å². The van der Waals surface area contributed by atoms with Crippen LogP contribution in [0, 0.1) is 0 Å². The van der Waals surface area contributed by atoms with Crippen LogP contribution in [0.2, 0.25) is 10.0 Å². The van der Waals surface area contributed by atoms with Crippen molar-refractivity contribution in [1.29, 1.82) is 0 Å². The van der Waals surface area contributed by atoms with Crippen molar-refractivity contribution in [3.8, 4) is 0 Å². The second-order valence-electron chi connectivity index (χ2n) is 6.62. The van der Waals surface area contributed by atoms with Gasteiger partial charge in [0, 0.05) is 36.0 Å². The highest BCUT2D eigenvalue weighted by Crippen LogP contribution is 2.33. The summed E-state index contributed by atoms with van der Waals surface area (Å²) in [5.74, 6) is -1.81. The van der Waals surface area contributed by atoms with Gasteiger partial charge in [0.05, 0.1) is 4.91 Å². The van der Waals surface area contributed by atoms with Crippen LogP contribution in [0.3, 0.4) is 0 Å². The van der Waals surface area contributed by atoms with Gasteiger partial charge in [0.15, 0.2) is 0 Å². The number of rotatable bonds is 6. The van der Waals surface area contributed by atoms with Gasteiger partial charge >= 0.3 is 0 Å². The lowest BCUT2D eigenvalue weighted by molar-refractivity contribution is -0.146. The first-order valence-electron chi connectivity index (χ1n) is 9.02. The van der Waals surface area contributed by atoms with Gasteiger partial charge in [-0.05, 0) is 42.5 Å². The monoisotopic (exact) mass is 469 g/mol. The van der Waals surface area contributed by atoms with Crippen LogP contribution in [0.25, 0.3) is 6.08 Å². The zero-order valence-corrected chi connectivity index (χ0v) is 18.1. The number of halogens is 2. The van der Waals surface area contributed by atoms with Gasteiger partial charge in [-0.3, -0.25) is 33.8 Å². The fourth-order valence-corrected chi connectivity index (χ4v) is 4.35. The molecule has 5 amide bonds. The number of carbonyl (C=O) groups excluding carboxylic acids is 5. The molecule has 0 aromatic heterocycles. The van der Waals surface area contributed by atoms with Crippen LogP contribution in [0.5, 0.6) is 0 Å². The molecule has 2 saturated heterocycles. The molecule has 11 heteroatoms. The van der Waals surface area contributed by atoms with Crippen molar-refractivity contribution < 1.29 is 24.0 Å². The first-order chi connectivity index (χ1) is 14.2. The normalized spacial score (nSPS) is 19.2. The Bertz CT molecular complexity index is 965. The van der Waals surface area contributed by atoms with Crippen LogP contribution in [0.4, 0.5) is 4.79 Å². The summed E-state index contributed by atoms with van der Waals surface area (Å²) in [5.41, 5.74) is 0.550. The molecule has 0 saturated carbocycles. The summed E-state index contributed by atoms with van der Waals surface area (Å²) >= 11 is 12.7. The molecule has 158 valence electrons. The fraction of sp³-hybridized carbons (Fsp3) is 0.316. The van der Waals surface area contributed by atoms with E-state index in [1.807, 2.05) is 0 Å². The molecule has 2 aliphatic rings. The van der Waals surface area contributed by atoms with Gasteiger partial charge in [-0.2, -0.15) is 0 Å². The summed E-state index contributed by atoms with van der Waals surface area (Å²) in [4.78, 5) is 62.6. The number of imide groups is 2. The van der Waals surface area contributed by atoms with E-state index in [-0.39, 0.29) is 42.7 Å². The third-order valence-electron chi connectivity index (χ3n) is 4.61. The molecule has 0 aliphatic carbocycles. The molecule has 2 heterocycles. The molecule has 1 aromatic rings. The lowest BCUT2D eigenvalue weighted by Gasteiger charge is -2.22. The summed E-state index contributed by atoms with van der Waals surface area (Å²) in [6.45, 7) is 1.40. The van der Waals surface area contributed by atoms with Gasteiger partial charge in [-0.1, -0.05) is 29.3 Å². The number of amides is 5. The molecular formula is C19H17Cl2N3O5S. The molecule has 1 N–H and O–H groups in total. The molecule has 0 radical (unpaired) electrons. The number of thioether (sulfide) groups is 1. The molecule has 3 rings (SSSR count). The Morgan fingerprint density at radius 3 is 2.50 bits per heavy atom. The fourth-order valence-electron chi connectivity index (χ4n) is 3.03. The minimum Gasteiger partial charge on any atom is -0.353 e. The minimum absolute atomic E-state index is 0.00752. The number of hydrogen-bond acceptors (Lipinski definition) is 6. The van der Waals surface area contributed by atoms with Crippen molar-refractivity contribution in [2.24, 2.45) is 0 Å². The van der Waals surface area contributed by atoms with E-state index in [2.05, 4.69) is 5.32 Å². The van der Waals surface area contributed by atoms with Gasteiger partial charge < -0.3 is 5.32 Å². The van der Waals surface area contributed by atoms with Crippen LogP contribution >= 0.6 is 35.0 Å². The lowest BCUT2D eigenvalue weighted by Crippen LogP contribution is -2.49. The summed E-state index contributed by atoms with van der Waals surface area (Å²) < 4.78 is 0. The third-order valence-corrected chi connectivity index (χ3v) is 6.08. The molecule has 1 unspecified atom stereocenters. The topological polar surface area (TPSA) is 104 Å². The quantitative estimate of drug-likeness (QED) is 0.507. The van der Waals surface area contributed by atoms with Crippen LogP contribution < -0.4 is 5.32 Å². The molecule has 2 fully saturated rings. The number of nitrogens with one attached hydrogen (secondary N) is 1. The summed E-state index contributed by atoms with van der Waals surface area (Å²) in [6.07, 6.45) is 1.70. The van der Waals surface area contributed by atoms with Crippen molar-refractivity contribution in [2.45, 2.75) is 25.8 Å². The van der Waals surface area contributed by atoms with Crippen molar-refractivity contribution in [1.82, 2.24) is 15.1 Å². The zero-order valence-electron chi connectivity index (χ0n) is 15.8. The first kappa shape index (κ1) is 22.3. The Kier molecular flexibility index (Phi) is 6.84. The van der Waals surface area contributed by atoms with E-state index < -0.39 is 23.1 Å². The highest BCUT2D eigenvalue weighted by molar-refractivity contribution is 8.18. The minimum atomic E-state index is -0.950.